The third kappa shape index (κ3) is 6.88. The Morgan fingerprint density at radius 2 is 0.931 bits per heavy atom. The Morgan fingerprint density at radius 1 is 0.431 bits per heavy atom. The van der Waals surface area contributed by atoms with Gasteiger partial charge < -0.3 is 0 Å². The van der Waals surface area contributed by atoms with Gasteiger partial charge in [0.05, 0.1) is 22.4 Å². The topological polar surface area (TPSA) is 64.5 Å². The highest BCUT2D eigenvalue weighted by Crippen LogP contribution is 2.36. The Bertz CT molecular complexity index is 3010. The van der Waals surface area contributed by atoms with Crippen molar-refractivity contribution in [3.8, 4) is 56.4 Å². The fourth-order valence-electron chi connectivity index (χ4n) is 7.94. The molecule has 1 unspecified atom stereocenters. The second-order valence-corrected chi connectivity index (χ2v) is 15.1. The van der Waals surface area contributed by atoms with Crippen molar-refractivity contribution in [2.45, 2.75) is 20.3 Å². The molecule has 10 rings (SSSR count). The molecule has 0 radical (unpaired) electrons. The highest BCUT2D eigenvalue weighted by Gasteiger charge is 2.20. The first-order valence-electron chi connectivity index (χ1n) is 19.8. The summed E-state index contributed by atoms with van der Waals surface area (Å²) in [5.41, 5.74) is 14.7. The van der Waals surface area contributed by atoms with Crippen LogP contribution in [0, 0.1) is 12.8 Å². The molecule has 0 bridgehead atoms. The van der Waals surface area contributed by atoms with Crippen LogP contribution < -0.4 is 0 Å². The van der Waals surface area contributed by atoms with Gasteiger partial charge in [0.25, 0.3) is 0 Å². The van der Waals surface area contributed by atoms with Gasteiger partial charge in [0.1, 0.15) is 0 Å². The molecule has 1 atom stereocenters. The van der Waals surface area contributed by atoms with Crippen LogP contribution in [0.25, 0.3) is 89.4 Å². The first-order chi connectivity index (χ1) is 28.5. The zero-order chi connectivity index (χ0) is 39.0. The molecular formula is C53H39N5. The lowest BCUT2D eigenvalue weighted by Crippen LogP contribution is -2.07. The minimum absolute atomic E-state index is 0.298. The molecule has 9 aromatic rings. The van der Waals surface area contributed by atoms with Crippen molar-refractivity contribution in [2.24, 2.45) is 5.92 Å². The average molecular weight is 746 g/mol. The lowest BCUT2D eigenvalue weighted by atomic mass is 9.88. The molecular weight excluding hydrogens is 707 g/mol. The molecule has 58 heavy (non-hydrogen) atoms. The molecule has 3 heterocycles. The predicted molar refractivity (Wildman–Crippen MR) is 239 cm³/mol. The maximum Gasteiger partial charge on any atom is 0.164 e. The van der Waals surface area contributed by atoms with Crippen LogP contribution in [0.15, 0.2) is 182 Å². The van der Waals surface area contributed by atoms with Crippen molar-refractivity contribution >= 4 is 33.0 Å². The Labute approximate surface area is 338 Å². The van der Waals surface area contributed by atoms with Gasteiger partial charge in [-0.15, -0.1) is 0 Å². The van der Waals surface area contributed by atoms with Crippen LogP contribution in [0.2, 0.25) is 0 Å². The summed E-state index contributed by atoms with van der Waals surface area (Å²) in [5, 5.41) is 2.19. The van der Waals surface area contributed by atoms with Gasteiger partial charge in [0.2, 0.25) is 0 Å². The number of benzene rings is 6. The summed E-state index contributed by atoms with van der Waals surface area (Å²) in [6.07, 6.45) is 5.43. The highest BCUT2D eigenvalue weighted by molar-refractivity contribution is 6.05. The molecule has 0 fully saturated rings. The molecule has 3 aromatic heterocycles. The number of aromatic nitrogens is 5. The third-order valence-electron chi connectivity index (χ3n) is 11.0. The van der Waals surface area contributed by atoms with Gasteiger partial charge in [0, 0.05) is 33.0 Å². The van der Waals surface area contributed by atoms with E-state index >= 15 is 0 Å². The first-order valence-corrected chi connectivity index (χ1v) is 19.8. The number of fused-ring (bicyclic) bond motifs is 3. The van der Waals surface area contributed by atoms with Crippen LogP contribution in [0.5, 0.6) is 0 Å². The van der Waals surface area contributed by atoms with Crippen LogP contribution in [0.1, 0.15) is 30.3 Å². The first kappa shape index (κ1) is 35.1. The number of allylic oxidation sites excluding steroid dienone is 4. The Hall–Kier alpha value is -7.37. The number of nitrogens with zero attached hydrogens (tertiary/aromatic N) is 5. The molecule has 5 heteroatoms. The minimum atomic E-state index is 0.298. The summed E-state index contributed by atoms with van der Waals surface area (Å²) >= 11 is 0. The molecule has 0 aliphatic heterocycles. The molecule has 0 saturated heterocycles. The number of pyridine rings is 2. The zero-order valence-corrected chi connectivity index (χ0v) is 32.3. The standard InChI is InChI=1S/C53H39N5/c1-34-30-44(33-45(31-34)53-57-51(42-16-10-5-11-17-42)56-52(58-53)43-24-20-37(21-25-43)36-12-6-3-7-13-36)38-18-22-40(23-19-38)48-32-35(2)46-28-26-41-27-29-47(39-14-8-4-9-15-39)54-49(41)50(46)55-48/h3-30,32-34H,31H2,1-2H3. The normalized spacial score (nSPS) is 14.0. The second kappa shape index (κ2) is 14.9. The van der Waals surface area contributed by atoms with E-state index in [2.05, 4.69) is 153 Å². The van der Waals surface area contributed by atoms with Crippen LogP contribution >= 0.6 is 0 Å². The maximum atomic E-state index is 5.25. The SMILES string of the molecule is Cc1cc(-c2ccc(C3=CC(C)CC(c4nc(-c5ccccc5)nc(-c5ccc(-c6ccccc6)cc5)n4)=C3)cc2)nc2c1ccc1ccc(-c3ccccc3)nc12. The van der Waals surface area contributed by atoms with Crippen LogP contribution in [-0.2, 0) is 0 Å². The number of hydrogen-bond donors (Lipinski definition) is 0. The van der Waals surface area contributed by atoms with E-state index in [9.17, 15) is 0 Å². The van der Waals surface area contributed by atoms with Crippen molar-refractivity contribution in [3.63, 3.8) is 0 Å². The van der Waals surface area contributed by atoms with Crippen molar-refractivity contribution < 1.29 is 0 Å². The smallest absolute Gasteiger partial charge is 0.164 e. The summed E-state index contributed by atoms with van der Waals surface area (Å²) in [4.78, 5) is 25.6. The van der Waals surface area contributed by atoms with Crippen molar-refractivity contribution in [2.75, 3.05) is 0 Å². The molecule has 5 nitrogen and oxygen atoms in total. The van der Waals surface area contributed by atoms with Gasteiger partial charge in [0.15, 0.2) is 17.5 Å². The van der Waals surface area contributed by atoms with Crippen LogP contribution in [-0.4, -0.2) is 24.9 Å². The lowest BCUT2D eigenvalue weighted by molar-refractivity contribution is 0.745. The number of aryl methyl sites for hydroxylation is 1. The van der Waals surface area contributed by atoms with E-state index in [-0.39, 0.29) is 0 Å². The van der Waals surface area contributed by atoms with Crippen molar-refractivity contribution in [1.29, 1.82) is 0 Å². The largest absolute Gasteiger partial charge is 0.245 e. The number of hydrogen-bond acceptors (Lipinski definition) is 5. The van der Waals surface area contributed by atoms with Gasteiger partial charge in [-0.1, -0.05) is 171 Å². The van der Waals surface area contributed by atoms with E-state index in [0.717, 1.165) is 84.1 Å². The monoisotopic (exact) mass is 745 g/mol. The molecule has 0 N–H and O–H groups in total. The fraction of sp³-hybridized carbons (Fsp3) is 0.0755. The maximum absolute atomic E-state index is 5.25. The van der Waals surface area contributed by atoms with Crippen molar-refractivity contribution in [3.05, 3.63) is 199 Å². The van der Waals surface area contributed by atoms with Crippen LogP contribution in [0.3, 0.4) is 0 Å². The molecule has 0 spiro atoms. The lowest BCUT2D eigenvalue weighted by Gasteiger charge is -2.19. The van der Waals surface area contributed by atoms with Gasteiger partial charge >= 0.3 is 0 Å². The van der Waals surface area contributed by atoms with E-state index in [1.165, 1.54) is 11.1 Å². The molecule has 6 aromatic carbocycles. The van der Waals surface area contributed by atoms with E-state index in [1.807, 2.05) is 42.5 Å². The highest BCUT2D eigenvalue weighted by atomic mass is 15.0. The van der Waals surface area contributed by atoms with Crippen LogP contribution in [0.4, 0.5) is 0 Å². The Balaban J connectivity index is 0.993. The van der Waals surface area contributed by atoms with Gasteiger partial charge in [-0.25, -0.2) is 24.9 Å². The molecule has 0 amide bonds. The van der Waals surface area contributed by atoms with E-state index in [0.29, 0.717) is 23.4 Å². The van der Waals surface area contributed by atoms with Crippen molar-refractivity contribution in [1.82, 2.24) is 24.9 Å². The summed E-state index contributed by atoms with van der Waals surface area (Å²) < 4.78 is 0. The molecule has 1 aliphatic carbocycles. The van der Waals surface area contributed by atoms with Gasteiger partial charge in [-0.05, 0) is 70.9 Å². The number of rotatable bonds is 7. The summed E-state index contributed by atoms with van der Waals surface area (Å²) in [6.45, 7) is 4.41. The Morgan fingerprint density at radius 3 is 1.62 bits per heavy atom. The van der Waals surface area contributed by atoms with Gasteiger partial charge in [-0.3, -0.25) is 0 Å². The molecule has 0 saturated carbocycles. The Kier molecular flexibility index (Phi) is 9.04. The zero-order valence-electron chi connectivity index (χ0n) is 32.3. The van der Waals surface area contributed by atoms with E-state index in [1.54, 1.807) is 0 Å². The van der Waals surface area contributed by atoms with Gasteiger partial charge in [-0.2, -0.15) is 0 Å². The average Bonchev–Trinajstić information content (AvgIpc) is 3.29. The summed E-state index contributed by atoms with van der Waals surface area (Å²) in [6, 6.07) is 58.9. The summed E-state index contributed by atoms with van der Waals surface area (Å²) in [7, 11) is 0. The predicted octanol–water partition coefficient (Wildman–Crippen LogP) is 13.1. The second-order valence-electron chi connectivity index (χ2n) is 15.1. The molecule has 276 valence electrons. The minimum Gasteiger partial charge on any atom is -0.245 e. The van der Waals surface area contributed by atoms with E-state index < -0.39 is 0 Å². The van der Waals surface area contributed by atoms with E-state index in [4.69, 9.17) is 24.9 Å². The molecule has 1 aliphatic rings. The fourth-order valence-corrected chi connectivity index (χ4v) is 7.94. The quantitative estimate of drug-likeness (QED) is 0.152. The third-order valence-corrected chi connectivity index (χ3v) is 11.0. The summed E-state index contributed by atoms with van der Waals surface area (Å²) in [5.74, 6) is 2.33.